The van der Waals surface area contributed by atoms with Gasteiger partial charge in [0, 0.05) is 36.0 Å². The van der Waals surface area contributed by atoms with E-state index in [1.165, 1.54) is 0 Å². The van der Waals surface area contributed by atoms with E-state index in [1.807, 2.05) is 66.7 Å². The number of alkyl halides is 3. The van der Waals surface area contributed by atoms with Crippen molar-refractivity contribution in [1.82, 2.24) is 19.7 Å². The van der Waals surface area contributed by atoms with Crippen molar-refractivity contribution < 1.29 is 26.3 Å². The van der Waals surface area contributed by atoms with Gasteiger partial charge in [0.25, 0.3) is 0 Å². The first-order valence-corrected chi connectivity index (χ1v) is 14.3. The Labute approximate surface area is 240 Å². The molecule has 0 saturated carbocycles. The van der Waals surface area contributed by atoms with E-state index in [1.54, 1.807) is 13.3 Å². The third-order valence-corrected chi connectivity index (χ3v) is 7.83. The minimum Gasteiger partial charge on any atom is -0.497 e. The fraction of sp³-hybridized carbons (Fsp3) is 0.133. The predicted octanol–water partition coefficient (Wildman–Crippen LogP) is 6.22. The molecule has 2 aromatic heterocycles. The SMILES string of the molecule is COc1cccc(-c2nc(-c3ccccc3)[nH]c2-c2ccnc(NCCNS(=O)(=O)c3ccc(C(F)(F)F)cc3)c2)c1. The quantitative estimate of drug-likeness (QED) is 0.166. The molecular formula is C30H26F3N5O3S. The third kappa shape index (κ3) is 6.61. The van der Waals surface area contributed by atoms with E-state index in [0.29, 0.717) is 23.1 Å². The molecule has 0 aliphatic carbocycles. The molecule has 0 fully saturated rings. The molecule has 3 aromatic carbocycles. The van der Waals surface area contributed by atoms with Crippen LogP contribution in [0, 0.1) is 0 Å². The number of halogens is 3. The molecule has 0 aliphatic rings. The Bertz CT molecular complexity index is 1770. The van der Waals surface area contributed by atoms with Gasteiger partial charge in [0.05, 0.1) is 29.0 Å². The Morgan fingerprint density at radius 3 is 2.31 bits per heavy atom. The number of nitrogens with zero attached hydrogens (tertiary/aromatic N) is 2. The normalized spacial score (nSPS) is 11.8. The van der Waals surface area contributed by atoms with Crippen LogP contribution in [0.4, 0.5) is 19.0 Å². The second kappa shape index (κ2) is 12.0. The molecule has 0 amide bonds. The highest BCUT2D eigenvalue weighted by Crippen LogP contribution is 2.35. The van der Waals surface area contributed by atoms with E-state index in [0.717, 1.165) is 46.6 Å². The van der Waals surface area contributed by atoms with Crippen LogP contribution in [-0.2, 0) is 16.2 Å². The maximum atomic E-state index is 12.8. The maximum absolute atomic E-state index is 12.8. The van der Waals surface area contributed by atoms with Crippen molar-refractivity contribution in [2.75, 3.05) is 25.5 Å². The molecule has 0 atom stereocenters. The van der Waals surface area contributed by atoms with E-state index in [4.69, 9.17) is 9.72 Å². The van der Waals surface area contributed by atoms with Crippen LogP contribution in [0.3, 0.4) is 0 Å². The molecule has 0 radical (unpaired) electrons. The minimum absolute atomic E-state index is 0.0213. The summed E-state index contributed by atoms with van der Waals surface area (Å²) >= 11 is 0. The molecule has 0 aliphatic heterocycles. The lowest BCUT2D eigenvalue weighted by Crippen LogP contribution is -2.29. The van der Waals surface area contributed by atoms with Gasteiger partial charge in [-0.25, -0.2) is 23.1 Å². The van der Waals surface area contributed by atoms with Crippen molar-refractivity contribution in [3.05, 3.63) is 103 Å². The molecule has 12 heteroatoms. The Morgan fingerprint density at radius 2 is 1.60 bits per heavy atom. The molecule has 3 N–H and O–H groups in total. The number of methoxy groups -OCH3 is 1. The van der Waals surface area contributed by atoms with Crippen LogP contribution in [-0.4, -0.2) is 43.6 Å². The molecule has 5 aromatic rings. The van der Waals surface area contributed by atoms with Gasteiger partial charge in [0.15, 0.2) is 0 Å². The summed E-state index contributed by atoms with van der Waals surface area (Å²) in [5.74, 6) is 1.87. The number of hydrogen-bond acceptors (Lipinski definition) is 6. The standard InChI is InChI=1S/C30H26F3N5O3S/c1-41-24-9-5-8-21(18-24)27-28(38-29(37-27)20-6-3-2-4-7-20)22-14-15-34-26(19-22)35-16-17-36-42(39,40)25-12-10-23(11-13-25)30(31,32)33/h2-15,18-19,36H,16-17H2,1H3,(H,34,35)(H,37,38). The van der Waals surface area contributed by atoms with Gasteiger partial charge in [-0.1, -0.05) is 42.5 Å². The second-order valence-electron chi connectivity index (χ2n) is 9.18. The second-order valence-corrected chi connectivity index (χ2v) is 11.0. The first-order chi connectivity index (χ1) is 20.1. The van der Waals surface area contributed by atoms with Crippen LogP contribution in [0.5, 0.6) is 5.75 Å². The first kappa shape index (κ1) is 28.8. The van der Waals surface area contributed by atoms with Gasteiger partial charge in [-0.3, -0.25) is 0 Å². The number of hydrogen-bond donors (Lipinski definition) is 3. The number of aromatic amines is 1. The fourth-order valence-corrected chi connectivity index (χ4v) is 5.29. The lowest BCUT2D eigenvalue weighted by Gasteiger charge is -2.11. The summed E-state index contributed by atoms with van der Waals surface area (Å²) in [5, 5.41) is 3.08. The molecule has 5 rings (SSSR count). The highest BCUT2D eigenvalue weighted by atomic mass is 32.2. The van der Waals surface area contributed by atoms with Crippen LogP contribution in [0.25, 0.3) is 33.9 Å². The van der Waals surface area contributed by atoms with Crippen LogP contribution < -0.4 is 14.8 Å². The number of H-pyrrole nitrogens is 1. The number of imidazole rings is 1. The topological polar surface area (TPSA) is 109 Å². The Kier molecular flexibility index (Phi) is 8.27. The Hall–Kier alpha value is -4.68. The summed E-state index contributed by atoms with van der Waals surface area (Å²) in [6.45, 7) is 0.157. The summed E-state index contributed by atoms with van der Waals surface area (Å²) in [4.78, 5) is 12.4. The van der Waals surface area contributed by atoms with Gasteiger partial charge >= 0.3 is 6.18 Å². The van der Waals surface area contributed by atoms with Crippen molar-refractivity contribution in [3.63, 3.8) is 0 Å². The van der Waals surface area contributed by atoms with Gasteiger partial charge in [0.2, 0.25) is 10.0 Å². The van der Waals surface area contributed by atoms with Crippen molar-refractivity contribution >= 4 is 15.8 Å². The van der Waals surface area contributed by atoms with Crippen molar-refractivity contribution in [1.29, 1.82) is 0 Å². The number of sulfonamides is 1. The highest BCUT2D eigenvalue weighted by Gasteiger charge is 2.30. The average molecular weight is 594 g/mol. The number of aromatic nitrogens is 3. The molecule has 0 unspecified atom stereocenters. The van der Waals surface area contributed by atoms with Crippen molar-refractivity contribution in [3.8, 4) is 39.7 Å². The number of ether oxygens (including phenoxy) is 1. The average Bonchev–Trinajstić information content (AvgIpc) is 3.45. The van der Waals surface area contributed by atoms with Gasteiger partial charge in [-0.05, 0) is 48.5 Å². The smallest absolute Gasteiger partial charge is 0.416 e. The lowest BCUT2D eigenvalue weighted by atomic mass is 10.1. The van der Waals surface area contributed by atoms with Crippen molar-refractivity contribution in [2.24, 2.45) is 0 Å². The molecule has 8 nitrogen and oxygen atoms in total. The first-order valence-electron chi connectivity index (χ1n) is 12.8. The van der Waals surface area contributed by atoms with Gasteiger partial charge in [-0.2, -0.15) is 13.2 Å². The zero-order valence-corrected chi connectivity index (χ0v) is 23.1. The fourth-order valence-electron chi connectivity index (χ4n) is 4.26. The number of anilines is 1. The molecule has 216 valence electrons. The van der Waals surface area contributed by atoms with Crippen molar-refractivity contribution in [2.45, 2.75) is 11.1 Å². The Balaban J connectivity index is 1.33. The predicted molar refractivity (Wildman–Crippen MR) is 154 cm³/mol. The molecule has 0 spiro atoms. The third-order valence-electron chi connectivity index (χ3n) is 6.36. The van der Waals surface area contributed by atoms with Gasteiger partial charge in [0.1, 0.15) is 17.4 Å². The largest absolute Gasteiger partial charge is 0.497 e. The number of nitrogens with one attached hydrogen (secondary N) is 3. The summed E-state index contributed by atoms with van der Waals surface area (Å²) in [6, 6.07) is 24.3. The number of pyridine rings is 1. The molecule has 0 bridgehead atoms. The molecule has 0 saturated heterocycles. The summed E-state index contributed by atoms with van der Waals surface area (Å²) in [7, 11) is -2.39. The maximum Gasteiger partial charge on any atom is 0.416 e. The lowest BCUT2D eigenvalue weighted by molar-refractivity contribution is -0.137. The van der Waals surface area contributed by atoms with Gasteiger partial charge < -0.3 is 15.0 Å². The van der Waals surface area contributed by atoms with Crippen LogP contribution >= 0.6 is 0 Å². The monoisotopic (exact) mass is 593 g/mol. The van der Waals surface area contributed by atoms with E-state index in [2.05, 4.69) is 20.0 Å². The zero-order chi connectivity index (χ0) is 29.7. The number of rotatable bonds is 10. The van der Waals surface area contributed by atoms with E-state index in [-0.39, 0.29) is 18.0 Å². The van der Waals surface area contributed by atoms with Crippen LogP contribution in [0.1, 0.15) is 5.56 Å². The van der Waals surface area contributed by atoms with E-state index < -0.39 is 21.8 Å². The highest BCUT2D eigenvalue weighted by molar-refractivity contribution is 7.89. The Morgan fingerprint density at radius 1 is 0.857 bits per heavy atom. The summed E-state index contributed by atoms with van der Waals surface area (Å²) < 4.78 is 71.2. The molecule has 2 heterocycles. The summed E-state index contributed by atoms with van der Waals surface area (Å²) in [5.41, 5.74) is 3.12. The molecule has 42 heavy (non-hydrogen) atoms. The zero-order valence-electron chi connectivity index (χ0n) is 22.3. The van der Waals surface area contributed by atoms with Crippen LogP contribution in [0.15, 0.2) is 102 Å². The van der Waals surface area contributed by atoms with Crippen LogP contribution in [0.2, 0.25) is 0 Å². The van der Waals surface area contributed by atoms with Gasteiger partial charge in [-0.15, -0.1) is 0 Å². The van der Waals surface area contributed by atoms with E-state index >= 15 is 0 Å². The molecular weight excluding hydrogens is 567 g/mol. The minimum atomic E-state index is -4.55. The number of benzene rings is 3. The van der Waals surface area contributed by atoms with E-state index in [9.17, 15) is 21.6 Å². The summed E-state index contributed by atoms with van der Waals surface area (Å²) in [6.07, 6.45) is -2.92.